The van der Waals surface area contributed by atoms with Crippen LogP contribution in [0.2, 0.25) is 0 Å². The standard InChI is InChI=1S/C13H13NO5S/c15-13(14-16)9-12(11-7-4-8-19-11)20(17,18)10-5-2-1-3-6-10/h1-8,12,16H,9H2,(H,14,15). The molecule has 0 aliphatic rings. The van der Waals surface area contributed by atoms with Crippen molar-refractivity contribution in [1.82, 2.24) is 5.48 Å². The number of carbonyl (C=O) groups excluding carboxylic acids is 1. The summed E-state index contributed by atoms with van der Waals surface area (Å²) in [5, 5.41) is 7.40. The van der Waals surface area contributed by atoms with Gasteiger partial charge in [0.15, 0.2) is 9.84 Å². The van der Waals surface area contributed by atoms with Crippen molar-refractivity contribution in [2.45, 2.75) is 16.6 Å². The minimum Gasteiger partial charge on any atom is -0.468 e. The molecule has 1 unspecified atom stereocenters. The topological polar surface area (TPSA) is 96.6 Å². The lowest BCUT2D eigenvalue weighted by atomic mass is 10.2. The smallest absolute Gasteiger partial charge is 0.245 e. The van der Waals surface area contributed by atoms with Crippen molar-refractivity contribution in [3.05, 3.63) is 54.5 Å². The molecule has 7 heteroatoms. The van der Waals surface area contributed by atoms with Crippen molar-refractivity contribution < 1.29 is 22.8 Å². The van der Waals surface area contributed by atoms with Crippen LogP contribution in [0.4, 0.5) is 0 Å². The molecule has 2 aromatic rings. The number of hydroxylamine groups is 1. The van der Waals surface area contributed by atoms with Gasteiger partial charge in [-0.2, -0.15) is 0 Å². The molecule has 1 heterocycles. The van der Waals surface area contributed by atoms with Crippen LogP contribution in [0.5, 0.6) is 0 Å². The molecule has 0 fully saturated rings. The second-order valence-electron chi connectivity index (χ2n) is 4.10. The Morgan fingerprint density at radius 3 is 2.45 bits per heavy atom. The van der Waals surface area contributed by atoms with Crippen molar-refractivity contribution >= 4 is 15.7 Å². The number of rotatable bonds is 5. The number of amides is 1. The summed E-state index contributed by atoms with van der Waals surface area (Å²) in [6, 6.07) is 10.8. The summed E-state index contributed by atoms with van der Waals surface area (Å²) in [7, 11) is -3.79. The van der Waals surface area contributed by atoms with Crippen molar-refractivity contribution in [3.63, 3.8) is 0 Å². The lowest BCUT2D eigenvalue weighted by Gasteiger charge is -2.14. The van der Waals surface area contributed by atoms with Crippen LogP contribution in [0.1, 0.15) is 17.4 Å². The number of hydrogen-bond acceptors (Lipinski definition) is 5. The molecule has 2 N–H and O–H groups in total. The average Bonchev–Trinajstić information content (AvgIpc) is 2.99. The zero-order chi connectivity index (χ0) is 14.6. The van der Waals surface area contributed by atoms with Gasteiger partial charge in [-0.15, -0.1) is 0 Å². The molecule has 1 amide bonds. The lowest BCUT2D eigenvalue weighted by Crippen LogP contribution is -2.24. The highest BCUT2D eigenvalue weighted by molar-refractivity contribution is 7.91. The number of carbonyl (C=O) groups is 1. The lowest BCUT2D eigenvalue weighted by molar-refractivity contribution is -0.129. The summed E-state index contributed by atoms with van der Waals surface area (Å²) in [5.74, 6) is -0.650. The zero-order valence-electron chi connectivity index (χ0n) is 10.4. The maximum atomic E-state index is 12.6. The highest BCUT2D eigenvalue weighted by atomic mass is 32.2. The van der Waals surface area contributed by atoms with Crippen LogP contribution in [0.15, 0.2) is 58.0 Å². The number of benzene rings is 1. The number of sulfone groups is 1. The molecule has 1 aromatic carbocycles. The van der Waals surface area contributed by atoms with Gasteiger partial charge in [-0.05, 0) is 24.3 Å². The fourth-order valence-corrected chi connectivity index (χ4v) is 3.50. The van der Waals surface area contributed by atoms with Gasteiger partial charge in [0.05, 0.1) is 17.6 Å². The van der Waals surface area contributed by atoms with E-state index in [0.717, 1.165) is 0 Å². The van der Waals surface area contributed by atoms with E-state index in [9.17, 15) is 13.2 Å². The normalized spacial score (nSPS) is 12.8. The molecule has 0 saturated heterocycles. The van der Waals surface area contributed by atoms with E-state index in [4.69, 9.17) is 9.62 Å². The number of hydrogen-bond donors (Lipinski definition) is 2. The Labute approximate surface area is 115 Å². The molecule has 0 spiro atoms. The molecule has 0 aliphatic heterocycles. The molecular weight excluding hydrogens is 282 g/mol. The Balaban J connectivity index is 2.43. The van der Waals surface area contributed by atoms with E-state index in [-0.39, 0.29) is 10.7 Å². The fourth-order valence-electron chi connectivity index (χ4n) is 1.83. The molecule has 0 saturated carbocycles. The number of furan rings is 1. The van der Waals surface area contributed by atoms with E-state index in [0.29, 0.717) is 0 Å². The van der Waals surface area contributed by atoms with E-state index in [1.165, 1.54) is 29.9 Å². The monoisotopic (exact) mass is 295 g/mol. The fraction of sp³-hybridized carbons (Fsp3) is 0.154. The summed E-state index contributed by atoms with van der Waals surface area (Å²) in [5.41, 5.74) is 1.44. The first kappa shape index (κ1) is 14.3. The Morgan fingerprint density at radius 2 is 1.90 bits per heavy atom. The van der Waals surface area contributed by atoms with Crippen LogP contribution in [-0.4, -0.2) is 19.5 Å². The molecule has 1 aromatic heterocycles. The van der Waals surface area contributed by atoms with Gasteiger partial charge >= 0.3 is 0 Å². The van der Waals surface area contributed by atoms with Crippen LogP contribution in [-0.2, 0) is 14.6 Å². The van der Waals surface area contributed by atoms with Crippen LogP contribution < -0.4 is 5.48 Å². The molecule has 106 valence electrons. The third kappa shape index (κ3) is 2.89. The van der Waals surface area contributed by atoms with Crippen molar-refractivity contribution in [3.8, 4) is 0 Å². The molecular formula is C13H13NO5S. The maximum absolute atomic E-state index is 12.6. The largest absolute Gasteiger partial charge is 0.468 e. The summed E-state index contributed by atoms with van der Waals surface area (Å²) < 4.78 is 30.2. The summed E-state index contributed by atoms with van der Waals surface area (Å²) >= 11 is 0. The quantitative estimate of drug-likeness (QED) is 0.646. The third-order valence-electron chi connectivity index (χ3n) is 2.80. The first-order valence-electron chi connectivity index (χ1n) is 5.81. The summed E-state index contributed by atoms with van der Waals surface area (Å²) in [6.45, 7) is 0. The predicted octanol–water partition coefficient (Wildman–Crippen LogP) is 1.69. The predicted molar refractivity (Wildman–Crippen MR) is 69.6 cm³/mol. The van der Waals surface area contributed by atoms with Gasteiger partial charge in [0, 0.05) is 0 Å². The third-order valence-corrected chi connectivity index (χ3v) is 4.88. The Hall–Kier alpha value is -2.12. The van der Waals surface area contributed by atoms with E-state index < -0.39 is 27.4 Å². The van der Waals surface area contributed by atoms with Gasteiger partial charge < -0.3 is 4.42 Å². The van der Waals surface area contributed by atoms with Gasteiger partial charge in [0.25, 0.3) is 0 Å². The van der Waals surface area contributed by atoms with Crippen molar-refractivity contribution in [1.29, 1.82) is 0 Å². The second kappa shape index (κ2) is 5.89. The van der Waals surface area contributed by atoms with E-state index >= 15 is 0 Å². The van der Waals surface area contributed by atoms with E-state index in [1.54, 1.807) is 24.3 Å². The van der Waals surface area contributed by atoms with E-state index in [1.807, 2.05) is 0 Å². The Kier molecular flexibility index (Phi) is 4.21. The second-order valence-corrected chi connectivity index (χ2v) is 6.23. The highest BCUT2D eigenvalue weighted by Gasteiger charge is 2.33. The van der Waals surface area contributed by atoms with Crippen LogP contribution in [0.25, 0.3) is 0 Å². The highest BCUT2D eigenvalue weighted by Crippen LogP contribution is 2.31. The van der Waals surface area contributed by atoms with Gasteiger partial charge in [-0.25, -0.2) is 13.9 Å². The molecule has 6 nitrogen and oxygen atoms in total. The molecule has 0 bridgehead atoms. The Bertz CT molecular complexity index is 664. The molecule has 0 aliphatic carbocycles. The number of nitrogens with one attached hydrogen (secondary N) is 1. The summed E-state index contributed by atoms with van der Waals surface area (Å²) in [4.78, 5) is 11.4. The van der Waals surface area contributed by atoms with Gasteiger partial charge in [0.1, 0.15) is 11.0 Å². The van der Waals surface area contributed by atoms with E-state index in [2.05, 4.69) is 0 Å². The van der Waals surface area contributed by atoms with Gasteiger partial charge in [0.2, 0.25) is 5.91 Å². The maximum Gasteiger partial charge on any atom is 0.245 e. The minimum atomic E-state index is -3.79. The minimum absolute atomic E-state index is 0.0899. The molecule has 2 rings (SSSR count). The van der Waals surface area contributed by atoms with Crippen LogP contribution >= 0.6 is 0 Å². The van der Waals surface area contributed by atoms with Crippen molar-refractivity contribution in [2.24, 2.45) is 0 Å². The van der Waals surface area contributed by atoms with Crippen molar-refractivity contribution in [2.75, 3.05) is 0 Å². The summed E-state index contributed by atoms with van der Waals surface area (Å²) in [6.07, 6.45) is 0.904. The SMILES string of the molecule is O=C(CC(c1ccco1)S(=O)(=O)c1ccccc1)NO. The van der Waals surface area contributed by atoms with Crippen LogP contribution in [0, 0.1) is 0 Å². The van der Waals surface area contributed by atoms with Gasteiger partial charge in [-0.1, -0.05) is 18.2 Å². The molecule has 1 atom stereocenters. The molecule has 0 radical (unpaired) electrons. The Morgan fingerprint density at radius 1 is 1.20 bits per heavy atom. The molecule has 20 heavy (non-hydrogen) atoms. The first-order chi connectivity index (χ1) is 9.55. The zero-order valence-corrected chi connectivity index (χ0v) is 11.2. The van der Waals surface area contributed by atoms with Crippen LogP contribution in [0.3, 0.4) is 0 Å². The first-order valence-corrected chi connectivity index (χ1v) is 7.35. The average molecular weight is 295 g/mol. The van der Waals surface area contributed by atoms with Gasteiger partial charge in [-0.3, -0.25) is 10.0 Å².